The third kappa shape index (κ3) is 4.58. The first kappa shape index (κ1) is 23.6. The van der Waals surface area contributed by atoms with Crippen LogP contribution in [0.15, 0.2) is 60.9 Å². The van der Waals surface area contributed by atoms with Gasteiger partial charge in [0.15, 0.2) is 22.9 Å². The number of aryl methyl sites for hydroxylation is 1. The maximum Gasteiger partial charge on any atom is 0.251 e. The van der Waals surface area contributed by atoms with E-state index in [-0.39, 0.29) is 29.4 Å². The molecule has 1 amide bonds. The van der Waals surface area contributed by atoms with Gasteiger partial charge in [0, 0.05) is 45.7 Å². The van der Waals surface area contributed by atoms with Gasteiger partial charge in [0.2, 0.25) is 0 Å². The van der Waals surface area contributed by atoms with E-state index < -0.39 is 11.2 Å². The molecule has 186 valence electrons. The predicted molar refractivity (Wildman–Crippen MR) is 142 cm³/mol. The topological polar surface area (TPSA) is 79.8 Å². The van der Waals surface area contributed by atoms with E-state index in [1.165, 1.54) is 25.0 Å². The summed E-state index contributed by atoms with van der Waals surface area (Å²) >= 11 is 0. The van der Waals surface area contributed by atoms with Gasteiger partial charge in [-0.15, -0.1) is 0 Å². The van der Waals surface area contributed by atoms with Crippen molar-refractivity contribution in [1.82, 2.24) is 20.3 Å². The van der Waals surface area contributed by atoms with E-state index in [0.717, 1.165) is 34.1 Å². The summed E-state index contributed by atoms with van der Waals surface area (Å²) in [6, 6.07) is 14.7. The van der Waals surface area contributed by atoms with E-state index in [9.17, 15) is 13.6 Å². The monoisotopic (exact) mass is 515 g/mol. The number of alkyl halides is 1. The molecule has 1 aliphatic heterocycles. The summed E-state index contributed by atoms with van der Waals surface area (Å²) in [5, 5.41) is 3.62. The third-order valence-electron chi connectivity index (χ3n) is 6.80. The molecule has 0 bridgehead atoms. The fourth-order valence-electron chi connectivity index (χ4n) is 4.61. The molecule has 3 heterocycles. The van der Waals surface area contributed by atoms with E-state index >= 15 is 0 Å². The van der Waals surface area contributed by atoms with Gasteiger partial charge in [0.05, 0.1) is 12.7 Å². The van der Waals surface area contributed by atoms with Crippen molar-refractivity contribution in [2.45, 2.75) is 31.1 Å². The Balaban J connectivity index is 1.28. The van der Waals surface area contributed by atoms with Crippen molar-refractivity contribution in [2.75, 3.05) is 11.9 Å². The molecule has 37 heavy (non-hydrogen) atoms. The first-order valence-electron chi connectivity index (χ1n) is 12.1. The van der Waals surface area contributed by atoms with Crippen molar-refractivity contribution in [1.29, 1.82) is 0 Å². The minimum atomic E-state index is -1.82. The maximum atomic E-state index is 15.0. The summed E-state index contributed by atoms with van der Waals surface area (Å²) in [4.78, 5) is 25.3. The predicted octanol–water partition coefficient (Wildman–Crippen LogP) is 6.01. The Morgan fingerprint density at radius 2 is 1.81 bits per heavy atom. The van der Waals surface area contributed by atoms with Crippen molar-refractivity contribution < 1.29 is 13.6 Å². The highest BCUT2D eigenvalue weighted by Gasteiger charge is 2.36. The molecule has 4 aromatic rings. The lowest BCUT2D eigenvalue weighted by Gasteiger charge is -2.29. The summed E-state index contributed by atoms with van der Waals surface area (Å²) in [7, 11) is 2.12. The molecular weight excluding hydrogens is 491 g/mol. The molecule has 1 fully saturated rings. The van der Waals surface area contributed by atoms with Crippen LogP contribution >= 0.6 is 9.24 Å². The Hall–Kier alpha value is -3.77. The van der Waals surface area contributed by atoms with Crippen LogP contribution in [0.3, 0.4) is 0 Å². The Morgan fingerprint density at radius 3 is 2.54 bits per heavy atom. The molecular formula is C28H24F2N5OP. The number of pyridine rings is 1. The van der Waals surface area contributed by atoms with E-state index in [2.05, 4.69) is 47.0 Å². The molecule has 0 saturated heterocycles. The lowest BCUT2D eigenvalue weighted by atomic mass is 9.97. The number of carbonyl (C=O) groups is 1. The lowest BCUT2D eigenvalue weighted by Crippen LogP contribution is -2.40. The average molecular weight is 516 g/mol. The fraction of sp³-hybridized carbons (Fsp3) is 0.214. The fourth-order valence-corrected chi connectivity index (χ4v) is 4.95. The number of hydrogen-bond acceptors (Lipinski definition) is 5. The van der Waals surface area contributed by atoms with Gasteiger partial charge in [0.1, 0.15) is 0 Å². The summed E-state index contributed by atoms with van der Waals surface area (Å²) in [6.07, 6.45) is 5.45. The van der Waals surface area contributed by atoms with Gasteiger partial charge in [-0.2, -0.15) is 0 Å². The zero-order valence-electron chi connectivity index (χ0n) is 20.1. The molecule has 2 N–H and O–H groups in total. The normalized spacial score (nSPS) is 18.8. The number of hydrogen-bond donors (Lipinski definition) is 2. The number of halogens is 2. The number of fused-ring (bicyclic) bond motifs is 1. The molecule has 6 rings (SSSR count). The highest BCUT2D eigenvalue weighted by molar-refractivity contribution is 7.18. The molecule has 0 radical (unpaired) electrons. The van der Waals surface area contributed by atoms with Crippen LogP contribution in [-0.2, 0) is 5.41 Å². The molecule has 2 aromatic heterocycles. The number of anilines is 2. The summed E-state index contributed by atoms with van der Waals surface area (Å²) in [6.45, 7) is 1.85. The second-order valence-corrected chi connectivity index (χ2v) is 10.5. The van der Waals surface area contributed by atoms with Crippen molar-refractivity contribution in [2.24, 2.45) is 0 Å². The number of carbonyl (C=O) groups excluding carboxylic acids is 1. The van der Waals surface area contributed by atoms with Crippen LogP contribution in [0.1, 0.15) is 45.9 Å². The second kappa shape index (κ2) is 8.96. The number of amides is 1. The first-order valence-corrected chi connectivity index (χ1v) is 12.6. The van der Waals surface area contributed by atoms with E-state index in [4.69, 9.17) is 0 Å². The lowest BCUT2D eigenvalue weighted by molar-refractivity contribution is 0.0911. The first-order chi connectivity index (χ1) is 17.8. The molecule has 1 saturated carbocycles. The highest BCUT2D eigenvalue weighted by atomic mass is 31.0. The SMILES string of the molecule is Cc1cc(-c2ncc(F)c(Nc3ccc4c(c3)C(F)(P)CNC4=O)n2)ccc1-c1ccc(C2CC2)nc1. The Morgan fingerprint density at radius 1 is 1.03 bits per heavy atom. The van der Waals surface area contributed by atoms with Crippen molar-refractivity contribution in [3.8, 4) is 22.5 Å². The summed E-state index contributed by atoms with van der Waals surface area (Å²) in [5.41, 5.74) is 5.87. The number of nitrogens with zero attached hydrogens (tertiary/aromatic N) is 3. The molecule has 2 aromatic carbocycles. The van der Waals surface area contributed by atoms with Crippen LogP contribution in [0.2, 0.25) is 0 Å². The zero-order chi connectivity index (χ0) is 25.7. The maximum absolute atomic E-state index is 15.0. The van der Waals surface area contributed by atoms with Crippen molar-refractivity contribution in [3.05, 3.63) is 89.1 Å². The molecule has 9 heteroatoms. The van der Waals surface area contributed by atoms with Gasteiger partial charge in [-0.05, 0) is 61.2 Å². The Labute approximate surface area is 215 Å². The number of benzene rings is 2. The minimum Gasteiger partial charge on any atom is -0.348 e. The average Bonchev–Trinajstić information content (AvgIpc) is 3.74. The minimum absolute atomic E-state index is 0.0416. The largest absolute Gasteiger partial charge is 0.348 e. The van der Waals surface area contributed by atoms with Crippen LogP contribution < -0.4 is 10.6 Å². The van der Waals surface area contributed by atoms with Gasteiger partial charge >= 0.3 is 0 Å². The van der Waals surface area contributed by atoms with Crippen molar-refractivity contribution >= 4 is 26.7 Å². The molecule has 1 aliphatic carbocycles. The molecule has 0 spiro atoms. The van der Waals surface area contributed by atoms with E-state index in [0.29, 0.717) is 17.4 Å². The highest BCUT2D eigenvalue weighted by Crippen LogP contribution is 2.40. The van der Waals surface area contributed by atoms with Crippen LogP contribution in [0.5, 0.6) is 0 Å². The van der Waals surface area contributed by atoms with Crippen LogP contribution in [0.25, 0.3) is 22.5 Å². The Bertz CT molecular complexity index is 1540. The van der Waals surface area contributed by atoms with Crippen LogP contribution in [0, 0.1) is 12.7 Å². The zero-order valence-corrected chi connectivity index (χ0v) is 21.2. The smallest absolute Gasteiger partial charge is 0.251 e. The molecule has 2 unspecified atom stereocenters. The van der Waals surface area contributed by atoms with Crippen molar-refractivity contribution in [3.63, 3.8) is 0 Å². The third-order valence-corrected chi connectivity index (χ3v) is 7.32. The number of aromatic nitrogens is 3. The second-order valence-electron chi connectivity index (χ2n) is 9.60. The van der Waals surface area contributed by atoms with Gasteiger partial charge in [0.25, 0.3) is 5.91 Å². The van der Waals surface area contributed by atoms with Gasteiger partial charge in [-0.25, -0.2) is 18.7 Å². The van der Waals surface area contributed by atoms with Crippen LogP contribution in [-0.4, -0.2) is 27.4 Å². The number of nitrogens with one attached hydrogen (secondary N) is 2. The van der Waals surface area contributed by atoms with Gasteiger partial charge in [-0.3, -0.25) is 9.78 Å². The van der Waals surface area contributed by atoms with Gasteiger partial charge in [-0.1, -0.05) is 27.4 Å². The molecule has 2 aliphatic rings. The van der Waals surface area contributed by atoms with E-state index in [1.807, 2.05) is 31.3 Å². The molecule has 6 nitrogen and oxygen atoms in total. The van der Waals surface area contributed by atoms with Crippen LogP contribution in [0.4, 0.5) is 20.3 Å². The summed E-state index contributed by atoms with van der Waals surface area (Å²) in [5.74, 6) is -0.0749. The Kier molecular flexibility index (Phi) is 5.72. The number of rotatable bonds is 5. The van der Waals surface area contributed by atoms with Gasteiger partial charge < -0.3 is 10.6 Å². The quantitative estimate of drug-likeness (QED) is 0.318. The van der Waals surface area contributed by atoms with E-state index in [1.54, 1.807) is 6.07 Å². The standard InChI is InChI=1S/C28H24F2N5OP/c1-15-10-17(4-7-20(15)18-5-9-24(31-12-18)16-2-3-16)25-32-13-23(29)26(35-25)34-19-6-8-21-22(11-19)28(30,37)14-33-27(21)36/h4-13,16H,2-3,14,37H2,1H3,(H,33,36)(H,32,34,35). The summed E-state index contributed by atoms with van der Waals surface area (Å²) < 4.78 is 29.6. The molecule has 2 atom stereocenters.